The zero-order valence-corrected chi connectivity index (χ0v) is 13.3. The molecule has 1 atom stereocenters. The molecule has 1 saturated carbocycles. The molecular formula is C17H27N3O. The summed E-state index contributed by atoms with van der Waals surface area (Å²) >= 11 is 0. The van der Waals surface area contributed by atoms with E-state index >= 15 is 0 Å². The molecule has 0 saturated heterocycles. The summed E-state index contributed by atoms with van der Waals surface area (Å²) in [5, 5.41) is 6.40. The molecule has 21 heavy (non-hydrogen) atoms. The minimum Gasteiger partial charge on any atom is -0.399 e. The van der Waals surface area contributed by atoms with Gasteiger partial charge in [0, 0.05) is 24.0 Å². The van der Waals surface area contributed by atoms with Crippen molar-refractivity contribution in [3.63, 3.8) is 0 Å². The topological polar surface area (TPSA) is 67.2 Å². The molecule has 0 radical (unpaired) electrons. The lowest BCUT2D eigenvalue weighted by Gasteiger charge is -2.36. The summed E-state index contributed by atoms with van der Waals surface area (Å²) in [5.74, 6) is -0.0462. The Labute approximate surface area is 127 Å². The number of nitrogens with one attached hydrogen (secondary N) is 2. The van der Waals surface area contributed by atoms with Crippen LogP contribution in [0.4, 0.5) is 11.4 Å². The lowest BCUT2D eigenvalue weighted by molar-refractivity contribution is 0.0956. The summed E-state index contributed by atoms with van der Waals surface area (Å²) < 4.78 is 0. The second kappa shape index (κ2) is 6.37. The number of carbonyl (C=O) groups excluding carboxylic acids is 1. The van der Waals surface area contributed by atoms with E-state index in [-0.39, 0.29) is 5.91 Å². The summed E-state index contributed by atoms with van der Waals surface area (Å²) in [7, 11) is 0. The SMILES string of the molecule is CCNC(=O)c1ccc(N)cc1NC1CCCC(C)(C)C1. The molecule has 0 aliphatic heterocycles. The average molecular weight is 289 g/mol. The predicted molar refractivity (Wildman–Crippen MR) is 88.5 cm³/mol. The number of nitrogens with two attached hydrogens (primary N) is 1. The van der Waals surface area contributed by atoms with Crippen molar-refractivity contribution in [2.24, 2.45) is 5.41 Å². The Morgan fingerprint density at radius 3 is 2.86 bits per heavy atom. The van der Waals surface area contributed by atoms with Gasteiger partial charge in [-0.2, -0.15) is 0 Å². The van der Waals surface area contributed by atoms with Crippen LogP contribution in [0.15, 0.2) is 18.2 Å². The molecule has 1 fully saturated rings. The third kappa shape index (κ3) is 4.13. The average Bonchev–Trinajstić information content (AvgIpc) is 2.37. The molecule has 1 amide bonds. The van der Waals surface area contributed by atoms with Crippen molar-refractivity contribution in [2.75, 3.05) is 17.6 Å². The van der Waals surface area contributed by atoms with Crippen LogP contribution < -0.4 is 16.4 Å². The quantitative estimate of drug-likeness (QED) is 0.744. The molecule has 1 aromatic carbocycles. The first-order valence-electron chi connectivity index (χ1n) is 7.85. The fourth-order valence-corrected chi connectivity index (χ4v) is 3.18. The van der Waals surface area contributed by atoms with Crippen LogP contribution >= 0.6 is 0 Å². The molecule has 1 aliphatic rings. The molecule has 0 spiro atoms. The third-order valence-electron chi connectivity index (χ3n) is 4.19. The van der Waals surface area contributed by atoms with E-state index in [4.69, 9.17) is 5.73 Å². The van der Waals surface area contributed by atoms with Crippen LogP contribution in [0.25, 0.3) is 0 Å². The molecule has 0 heterocycles. The number of hydrogen-bond acceptors (Lipinski definition) is 3. The van der Waals surface area contributed by atoms with Gasteiger partial charge in [0.2, 0.25) is 0 Å². The number of rotatable bonds is 4. The lowest BCUT2D eigenvalue weighted by Crippen LogP contribution is -2.33. The van der Waals surface area contributed by atoms with E-state index in [0.717, 1.165) is 18.5 Å². The second-order valence-electron chi connectivity index (χ2n) is 6.77. The van der Waals surface area contributed by atoms with E-state index in [9.17, 15) is 4.79 Å². The minimum atomic E-state index is -0.0462. The van der Waals surface area contributed by atoms with Gasteiger partial charge in [0.15, 0.2) is 0 Å². The molecular weight excluding hydrogens is 262 g/mol. The Kier molecular flexibility index (Phi) is 4.76. The maximum atomic E-state index is 12.2. The molecule has 116 valence electrons. The van der Waals surface area contributed by atoms with Gasteiger partial charge in [-0.1, -0.05) is 20.3 Å². The normalized spacial score (nSPS) is 20.8. The van der Waals surface area contributed by atoms with Gasteiger partial charge in [0.25, 0.3) is 5.91 Å². The summed E-state index contributed by atoms with van der Waals surface area (Å²) in [6.45, 7) is 7.17. The fourth-order valence-electron chi connectivity index (χ4n) is 3.18. The molecule has 4 N–H and O–H groups in total. The number of amides is 1. The predicted octanol–water partition coefficient (Wildman–Crippen LogP) is 3.40. The number of anilines is 2. The van der Waals surface area contributed by atoms with Crippen LogP contribution in [0, 0.1) is 5.41 Å². The van der Waals surface area contributed by atoms with Crippen LogP contribution in [0.5, 0.6) is 0 Å². The van der Waals surface area contributed by atoms with E-state index in [1.165, 1.54) is 12.8 Å². The smallest absolute Gasteiger partial charge is 0.253 e. The monoisotopic (exact) mass is 289 g/mol. The van der Waals surface area contributed by atoms with Gasteiger partial charge in [-0.25, -0.2) is 0 Å². The van der Waals surface area contributed by atoms with Crippen LogP contribution in [-0.2, 0) is 0 Å². The first-order chi connectivity index (χ1) is 9.91. The first-order valence-corrected chi connectivity index (χ1v) is 7.85. The van der Waals surface area contributed by atoms with Crippen molar-refractivity contribution in [2.45, 2.75) is 52.5 Å². The molecule has 1 aromatic rings. The van der Waals surface area contributed by atoms with Crippen LogP contribution in [-0.4, -0.2) is 18.5 Å². The number of carbonyl (C=O) groups is 1. The Morgan fingerprint density at radius 2 is 2.19 bits per heavy atom. The maximum absolute atomic E-state index is 12.2. The van der Waals surface area contributed by atoms with Gasteiger partial charge in [-0.15, -0.1) is 0 Å². The number of nitrogen functional groups attached to an aromatic ring is 1. The molecule has 4 heteroatoms. The summed E-state index contributed by atoms with van der Waals surface area (Å²) in [6.07, 6.45) is 4.76. The fraction of sp³-hybridized carbons (Fsp3) is 0.588. The van der Waals surface area contributed by atoms with Gasteiger partial charge in [-0.3, -0.25) is 4.79 Å². The molecule has 0 aromatic heterocycles. The van der Waals surface area contributed by atoms with Crippen molar-refractivity contribution in [1.82, 2.24) is 5.32 Å². The molecule has 2 rings (SSSR count). The zero-order valence-electron chi connectivity index (χ0n) is 13.3. The number of benzene rings is 1. The van der Waals surface area contributed by atoms with E-state index in [1.54, 1.807) is 12.1 Å². The van der Waals surface area contributed by atoms with Gasteiger partial charge < -0.3 is 16.4 Å². The van der Waals surface area contributed by atoms with Crippen LogP contribution in [0.1, 0.15) is 56.8 Å². The van der Waals surface area contributed by atoms with Crippen LogP contribution in [0.2, 0.25) is 0 Å². The summed E-state index contributed by atoms with van der Waals surface area (Å²) in [4.78, 5) is 12.2. The van der Waals surface area contributed by atoms with E-state index in [2.05, 4.69) is 24.5 Å². The van der Waals surface area contributed by atoms with Crippen molar-refractivity contribution >= 4 is 17.3 Å². The lowest BCUT2D eigenvalue weighted by atomic mass is 9.75. The highest BCUT2D eigenvalue weighted by Crippen LogP contribution is 2.36. The molecule has 4 nitrogen and oxygen atoms in total. The highest BCUT2D eigenvalue weighted by molar-refractivity contribution is 6.00. The largest absolute Gasteiger partial charge is 0.399 e. The highest BCUT2D eigenvalue weighted by Gasteiger charge is 2.28. The van der Waals surface area contributed by atoms with Crippen LogP contribution in [0.3, 0.4) is 0 Å². The Hall–Kier alpha value is -1.71. The molecule has 0 bridgehead atoms. The standard InChI is InChI=1S/C17H27N3O/c1-4-19-16(21)14-8-7-12(18)10-15(14)20-13-6-5-9-17(2,3)11-13/h7-8,10,13,20H,4-6,9,11,18H2,1-3H3,(H,19,21). The van der Waals surface area contributed by atoms with E-state index in [1.807, 2.05) is 13.0 Å². The molecule has 1 aliphatic carbocycles. The molecule has 1 unspecified atom stereocenters. The first kappa shape index (κ1) is 15.7. The zero-order chi connectivity index (χ0) is 15.5. The highest BCUT2D eigenvalue weighted by atomic mass is 16.1. The Balaban J connectivity index is 2.18. The summed E-state index contributed by atoms with van der Waals surface area (Å²) in [5.41, 5.74) is 8.46. The van der Waals surface area contributed by atoms with Crippen molar-refractivity contribution in [3.05, 3.63) is 23.8 Å². The Morgan fingerprint density at radius 1 is 1.43 bits per heavy atom. The summed E-state index contributed by atoms with van der Waals surface area (Å²) in [6, 6.07) is 5.85. The Bertz CT molecular complexity index is 511. The van der Waals surface area contributed by atoms with Crippen molar-refractivity contribution in [1.29, 1.82) is 0 Å². The van der Waals surface area contributed by atoms with Gasteiger partial charge in [0.1, 0.15) is 0 Å². The van der Waals surface area contributed by atoms with Gasteiger partial charge >= 0.3 is 0 Å². The van der Waals surface area contributed by atoms with Crippen molar-refractivity contribution in [3.8, 4) is 0 Å². The van der Waals surface area contributed by atoms with Crippen molar-refractivity contribution < 1.29 is 4.79 Å². The van der Waals surface area contributed by atoms with E-state index < -0.39 is 0 Å². The van der Waals surface area contributed by atoms with Gasteiger partial charge in [-0.05, 0) is 49.8 Å². The van der Waals surface area contributed by atoms with E-state index in [0.29, 0.717) is 29.3 Å². The maximum Gasteiger partial charge on any atom is 0.253 e. The van der Waals surface area contributed by atoms with Gasteiger partial charge in [0.05, 0.1) is 5.56 Å². The minimum absolute atomic E-state index is 0.0462. The second-order valence-corrected chi connectivity index (χ2v) is 6.77. The third-order valence-corrected chi connectivity index (χ3v) is 4.19. The number of hydrogen-bond donors (Lipinski definition) is 3.